The molecule has 2 aromatic carbocycles. The topological polar surface area (TPSA) is 58.7 Å². The van der Waals surface area contributed by atoms with Gasteiger partial charge in [-0.25, -0.2) is 5.01 Å². The van der Waals surface area contributed by atoms with E-state index in [-0.39, 0.29) is 5.91 Å². The first kappa shape index (κ1) is 16.6. The second kappa shape index (κ2) is 6.30. The molecular formula is C18H15Cl2N3O. The van der Waals surface area contributed by atoms with Crippen LogP contribution in [0.15, 0.2) is 47.2 Å². The number of nitrogens with two attached hydrogens (primary N) is 1. The van der Waals surface area contributed by atoms with Crippen molar-refractivity contribution in [3.8, 4) is 0 Å². The number of carbonyl (C=O) groups is 1. The van der Waals surface area contributed by atoms with E-state index in [9.17, 15) is 4.79 Å². The van der Waals surface area contributed by atoms with Gasteiger partial charge in [0.25, 0.3) is 0 Å². The fourth-order valence-corrected chi connectivity index (χ4v) is 2.91. The van der Waals surface area contributed by atoms with Crippen LogP contribution in [0.4, 0.5) is 5.69 Å². The monoisotopic (exact) mass is 359 g/mol. The molecule has 0 bridgehead atoms. The number of anilines is 1. The molecule has 0 saturated heterocycles. The Morgan fingerprint density at radius 2 is 1.75 bits per heavy atom. The maximum absolute atomic E-state index is 12.0. The average molecular weight is 360 g/mol. The number of halogens is 2. The van der Waals surface area contributed by atoms with E-state index in [0.717, 1.165) is 16.7 Å². The highest BCUT2D eigenvalue weighted by atomic mass is 35.5. The first-order chi connectivity index (χ1) is 11.4. The van der Waals surface area contributed by atoms with Crippen molar-refractivity contribution in [3.05, 3.63) is 68.8 Å². The Morgan fingerprint density at radius 3 is 2.38 bits per heavy atom. The first-order valence-corrected chi connectivity index (χ1v) is 8.05. The maximum atomic E-state index is 12.0. The highest BCUT2D eigenvalue weighted by molar-refractivity contribution is 6.42. The molecule has 3 rings (SSSR count). The number of carbonyl (C=O) groups excluding carboxylic acids is 1. The zero-order chi connectivity index (χ0) is 17.4. The van der Waals surface area contributed by atoms with Crippen LogP contribution >= 0.6 is 23.2 Å². The van der Waals surface area contributed by atoms with Crippen LogP contribution in [0.3, 0.4) is 0 Å². The van der Waals surface area contributed by atoms with E-state index in [1.165, 1.54) is 11.9 Å². The Balaban J connectivity index is 2.29. The van der Waals surface area contributed by atoms with Gasteiger partial charge >= 0.3 is 0 Å². The molecule has 0 aliphatic carbocycles. The van der Waals surface area contributed by atoms with E-state index in [0.29, 0.717) is 27.1 Å². The summed E-state index contributed by atoms with van der Waals surface area (Å²) in [6.07, 6.45) is 1.87. The summed E-state index contributed by atoms with van der Waals surface area (Å²) in [5, 5.41) is 6.81. The van der Waals surface area contributed by atoms with E-state index < -0.39 is 0 Å². The molecule has 0 atom stereocenters. The summed E-state index contributed by atoms with van der Waals surface area (Å²) in [7, 11) is 0. The first-order valence-electron chi connectivity index (χ1n) is 7.30. The Morgan fingerprint density at radius 1 is 1.12 bits per heavy atom. The van der Waals surface area contributed by atoms with Gasteiger partial charge in [0.2, 0.25) is 5.91 Å². The lowest BCUT2D eigenvalue weighted by Gasteiger charge is -2.16. The number of nitrogen functional groups attached to an aromatic ring is 1. The van der Waals surface area contributed by atoms with Crippen LogP contribution in [0.2, 0.25) is 10.0 Å². The lowest BCUT2D eigenvalue weighted by atomic mass is 9.97. The molecule has 1 heterocycles. The van der Waals surface area contributed by atoms with Gasteiger partial charge in [0.05, 0.1) is 15.8 Å². The molecular weight excluding hydrogens is 345 g/mol. The van der Waals surface area contributed by atoms with E-state index >= 15 is 0 Å². The van der Waals surface area contributed by atoms with Crippen molar-refractivity contribution in [2.75, 3.05) is 5.73 Å². The van der Waals surface area contributed by atoms with Gasteiger partial charge in [-0.05, 0) is 42.8 Å². The molecule has 2 N–H and O–H groups in total. The minimum absolute atomic E-state index is 0.179. The number of allylic oxidation sites excluding steroid dienone is 1. The van der Waals surface area contributed by atoms with E-state index in [1.807, 2.05) is 25.1 Å². The molecule has 4 nitrogen and oxygen atoms in total. The number of hydrazone groups is 1. The summed E-state index contributed by atoms with van der Waals surface area (Å²) in [4.78, 5) is 12.0. The van der Waals surface area contributed by atoms with Gasteiger partial charge in [-0.3, -0.25) is 4.79 Å². The second-order valence-corrected chi connectivity index (χ2v) is 6.36. The predicted molar refractivity (Wildman–Crippen MR) is 99.1 cm³/mol. The maximum Gasteiger partial charge on any atom is 0.243 e. The smallest absolute Gasteiger partial charge is 0.243 e. The van der Waals surface area contributed by atoms with Crippen LogP contribution in [0, 0.1) is 0 Å². The second-order valence-electron chi connectivity index (χ2n) is 5.54. The highest BCUT2D eigenvalue weighted by Crippen LogP contribution is 2.31. The summed E-state index contributed by atoms with van der Waals surface area (Å²) in [5.41, 5.74) is 10.2. The number of amides is 1. The van der Waals surface area contributed by atoms with E-state index in [1.54, 1.807) is 24.3 Å². The number of rotatable bonds is 1. The number of nitrogens with zero attached hydrogens (tertiary/aromatic N) is 2. The Labute approximate surface area is 150 Å². The third kappa shape index (κ3) is 3.03. The Kier molecular flexibility index (Phi) is 4.35. The molecule has 0 spiro atoms. The number of benzene rings is 2. The zero-order valence-electron chi connectivity index (χ0n) is 13.2. The molecule has 24 heavy (non-hydrogen) atoms. The van der Waals surface area contributed by atoms with Gasteiger partial charge in [0.1, 0.15) is 0 Å². The van der Waals surface area contributed by atoms with Crippen molar-refractivity contribution in [3.63, 3.8) is 0 Å². The van der Waals surface area contributed by atoms with Crippen molar-refractivity contribution in [1.82, 2.24) is 5.01 Å². The van der Waals surface area contributed by atoms with Crippen molar-refractivity contribution in [2.45, 2.75) is 13.8 Å². The minimum Gasteiger partial charge on any atom is -0.399 e. The normalized spacial score (nSPS) is 13.8. The molecule has 0 aromatic heterocycles. The molecule has 0 saturated carbocycles. The molecule has 0 fully saturated rings. The Bertz CT molecular complexity index is 886. The van der Waals surface area contributed by atoms with Crippen molar-refractivity contribution >= 4 is 46.6 Å². The van der Waals surface area contributed by atoms with Crippen molar-refractivity contribution in [1.29, 1.82) is 0 Å². The fraction of sp³-hybridized carbons (Fsp3) is 0.111. The number of hydrogen-bond acceptors (Lipinski definition) is 3. The van der Waals surface area contributed by atoms with Crippen molar-refractivity contribution in [2.24, 2.45) is 5.10 Å². The number of hydrogen-bond donors (Lipinski definition) is 1. The summed E-state index contributed by atoms with van der Waals surface area (Å²) in [6, 6.07) is 10.8. The third-order valence-corrected chi connectivity index (χ3v) is 4.45. The Hall–Kier alpha value is -2.30. The fourth-order valence-electron chi connectivity index (χ4n) is 2.58. The van der Waals surface area contributed by atoms with Gasteiger partial charge < -0.3 is 5.73 Å². The SMILES string of the molecule is CC(=O)N1N=C(c2ccc(N)cc2)c2cc(Cl)c(Cl)cc2C=C1C. The van der Waals surface area contributed by atoms with Gasteiger partial charge in [-0.15, -0.1) is 0 Å². The highest BCUT2D eigenvalue weighted by Gasteiger charge is 2.21. The van der Waals surface area contributed by atoms with Gasteiger partial charge in [0, 0.05) is 29.4 Å². The molecule has 122 valence electrons. The minimum atomic E-state index is -0.179. The quantitative estimate of drug-likeness (QED) is 0.759. The molecule has 2 aromatic rings. The zero-order valence-corrected chi connectivity index (χ0v) is 14.7. The van der Waals surface area contributed by atoms with E-state index in [4.69, 9.17) is 28.9 Å². The standard InChI is InChI=1S/C18H15Cl2N3O/c1-10-7-13-8-16(19)17(20)9-15(13)18(22-23(10)11(2)24)12-3-5-14(21)6-4-12/h3-9H,21H2,1-2H3. The molecule has 6 heteroatoms. The largest absolute Gasteiger partial charge is 0.399 e. The van der Waals surface area contributed by atoms with Gasteiger partial charge in [-0.2, -0.15) is 5.10 Å². The van der Waals surface area contributed by atoms with Crippen LogP contribution in [-0.2, 0) is 4.79 Å². The van der Waals surface area contributed by atoms with E-state index in [2.05, 4.69) is 5.10 Å². The summed E-state index contributed by atoms with van der Waals surface area (Å²) in [6.45, 7) is 3.29. The summed E-state index contributed by atoms with van der Waals surface area (Å²) < 4.78 is 0. The van der Waals surface area contributed by atoms with Gasteiger partial charge in [0.15, 0.2) is 0 Å². The summed E-state index contributed by atoms with van der Waals surface area (Å²) in [5.74, 6) is -0.179. The van der Waals surface area contributed by atoms with Gasteiger partial charge in [-0.1, -0.05) is 35.3 Å². The van der Waals surface area contributed by atoms with Crippen LogP contribution < -0.4 is 5.73 Å². The molecule has 0 radical (unpaired) electrons. The molecule has 0 unspecified atom stereocenters. The van der Waals surface area contributed by atoms with Crippen LogP contribution in [0.1, 0.15) is 30.5 Å². The lowest BCUT2D eigenvalue weighted by Crippen LogP contribution is -2.22. The predicted octanol–water partition coefficient (Wildman–Crippen LogP) is 4.55. The summed E-state index contributed by atoms with van der Waals surface area (Å²) >= 11 is 12.4. The molecule has 1 aliphatic rings. The van der Waals surface area contributed by atoms with Crippen LogP contribution in [0.25, 0.3) is 6.08 Å². The van der Waals surface area contributed by atoms with Crippen LogP contribution in [-0.4, -0.2) is 16.6 Å². The van der Waals surface area contributed by atoms with Crippen molar-refractivity contribution < 1.29 is 4.79 Å². The average Bonchev–Trinajstić information content (AvgIpc) is 2.65. The van der Waals surface area contributed by atoms with Crippen LogP contribution in [0.5, 0.6) is 0 Å². The molecule has 1 aliphatic heterocycles. The number of fused-ring (bicyclic) bond motifs is 1. The third-order valence-electron chi connectivity index (χ3n) is 3.73. The molecule has 1 amide bonds. The lowest BCUT2D eigenvalue weighted by molar-refractivity contribution is -0.126.